The number of hydrogen-bond acceptors (Lipinski definition) is 8. The second-order valence-electron chi connectivity index (χ2n) is 16.7. The molecular weight excluding hydrogens is 713 g/mol. The van der Waals surface area contributed by atoms with Gasteiger partial charge in [0.1, 0.15) is 30.5 Å². The lowest BCUT2D eigenvalue weighted by atomic mass is 9.97. The van der Waals surface area contributed by atoms with E-state index in [0.717, 1.165) is 16.5 Å². The molecule has 0 radical (unpaired) electrons. The molecule has 2 rings (SSSR count). The molecule has 14 heteroatoms. The number of aldehydes is 1. The zero-order valence-electron chi connectivity index (χ0n) is 35.7. The summed E-state index contributed by atoms with van der Waals surface area (Å²) in [7, 11) is 1.88. The second kappa shape index (κ2) is 23.1. The van der Waals surface area contributed by atoms with Crippen LogP contribution >= 0.6 is 0 Å². The van der Waals surface area contributed by atoms with Crippen LogP contribution in [0.4, 0.5) is 0 Å². The summed E-state index contributed by atoms with van der Waals surface area (Å²) in [5.41, 5.74) is 1.64. The normalized spacial score (nSPS) is 15.6. The SMILES string of the molecule is CC[C@H](NCC(NC)C(C)C)C(=O)NC(C(=O)N[C@@H](Cc1c[nH]c2ccccc12)C(=O)NC(CC(C)C)C(=O)NC(C(=O)NC(C=O)C(C)C)C(C)C)C(C)C. The smallest absolute Gasteiger partial charge is 0.243 e. The minimum absolute atomic E-state index is 0.0241. The lowest BCUT2D eigenvalue weighted by molar-refractivity contribution is -0.136. The van der Waals surface area contributed by atoms with E-state index in [1.54, 1.807) is 20.0 Å². The molecular formula is C42H70N8O6. The van der Waals surface area contributed by atoms with Gasteiger partial charge < -0.3 is 47.0 Å². The van der Waals surface area contributed by atoms with Crippen LogP contribution in [0.15, 0.2) is 30.5 Å². The Morgan fingerprint density at radius 3 is 1.70 bits per heavy atom. The minimum Gasteiger partial charge on any atom is -0.361 e. The summed E-state index contributed by atoms with van der Waals surface area (Å²) in [5, 5.41) is 21.7. The fraction of sp³-hybridized carbons (Fsp3) is 0.667. The van der Waals surface area contributed by atoms with Gasteiger partial charge >= 0.3 is 0 Å². The van der Waals surface area contributed by atoms with Crippen LogP contribution in [0, 0.1) is 29.6 Å². The van der Waals surface area contributed by atoms with E-state index >= 15 is 0 Å². The Morgan fingerprint density at radius 1 is 0.661 bits per heavy atom. The van der Waals surface area contributed by atoms with Gasteiger partial charge in [-0.3, -0.25) is 24.0 Å². The monoisotopic (exact) mass is 783 g/mol. The number of H-pyrrole nitrogens is 1. The average molecular weight is 783 g/mol. The van der Waals surface area contributed by atoms with Gasteiger partial charge in [0.15, 0.2) is 0 Å². The number of para-hydroxylation sites is 1. The van der Waals surface area contributed by atoms with Crippen LogP contribution in [0.1, 0.15) is 94.6 Å². The third-order valence-electron chi connectivity index (χ3n) is 10.2. The van der Waals surface area contributed by atoms with Crippen LogP contribution in [0.5, 0.6) is 0 Å². The number of benzene rings is 1. The third-order valence-corrected chi connectivity index (χ3v) is 10.2. The number of carbonyl (C=O) groups is 6. The molecule has 1 aromatic carbocycles. The first kappa shape index (κ1) is 47.9. The molecule has 314 valence electrons. The van der Waals surface area contributed by atoms with E-state index in [-0.39, 0.29) is 48.5 Å². The number of aromatic nitrogens is 1. The number of aromatic amines is 1. The van der Waals surface area contributed by atoms with Crippen LogP contribution in [0.3, 0.4) is 0 Å². The molecule has 0 aliphatic carbocycles. The summed E-state index contributed by atoms with van der Waals surface area (Å²) in [6.45, 7) is 21.3. The van der Waals surface area contributed by atoms with Crippen molar-refractivity contribution in [1.82, 2.24) is 42.2 Å². The van der Waals surface area contributed by atoms with E-state index in [1.165, 1.54) is 0 Å². The Bertz CT molecular complexity index is 1590. The van der Waals surface area contributed by atoms with E-state index < -0.39 is 59.9 Å². The van der Waals surface area contributed by atoms with E-state index in [9.17, 15) is 28.8 Å². The Balaban J connectivity index is 2.41. The second-order valence-corrected chi connectivity index (χ2v) is 16.7. The molecule has 56 heavy (non-hydrogen) atoms. The fourth-order valence-corrected chi connectivity index (χ4v) is 6.52. The van der Waals surface area contributed by atoms with Crippen molar-refractivity contribution in [3.8, 4) is 0 Å². The van der Waals surface area contributed by atoms with Gasteiger partial charge in [-0.25, -0.2) is 0 Å². The first-order valence-electron chi connectivity index (χ1n) is 20.3. The van der Waals surface area contributed by atoms with Crippen LogP contribution in [0.25, 0.3) is 10.9 Å². The molecule has 1 aromatic heterocycles. The summed E-state index contributed by atoms with van der Waals surface area (Å²) >= 11 is 0. The number of hydrogen-bond donors (Lipinski definition) is 8. The summed E-state index contributed by atoms with van der Waals surface area (Å²) < 4.78 is 0. The van der Waals surface area contributed by atoms with Crippen LogP contribution in [-0.2, 0) is 35.2 Å². The molecule has 8 N–H and O–H groups in total. The maximum atomic E-state index is 14.3. The largest absolute Gasteiger partial charge is 0.361 e. The molecule has 0 bridgehead atoms. The van der Waals surface area contributed by atoms with E-state index in [4.69, 9.17) is 0 Å². The van der Waals surface area contributed by atoms with E-state index in [0.29, 0.717) is 25.2 Å². The number of carbonyl (C=O) groups excluding carboxylic acids is 6. The molecule has 0 saturated heterocycles. The molecule has 0 saturated carbocycles. The molecule has 0 aliphatic heterocycles. The maximum absolute atomic E-state index is 14.3. The van der Waals surface area contributed by atoms with Gasteiger partial charge in [0.25, 0.3) is 0 Å². The minimum atomic E-state index is -1.13. The van der Waals surface area contributed by atoms with Crippen LogP contribution < -0.4 is 37.2 Å². The van der Waals surface area contributed by atoms with Gasteiger partial charge in [-0.1, -0.05) is 94.4 Å². The van der Waals surface area contributed by atoms with Gasteiger partial charge in [-0.15, -0.1) is 0 Å². The molecule has 1 heterocycles. The molecule has 5 unspecified atom stereocenters. The first-order chi connectivity index (χ1) is 26.3. The molecule has 5 amide bonds. The van der Waals surface area contributed by atoms with Crippen LogP contribution in [0.2, 0.25) is 0 Å². The van der Waals surface area contributed by atoms with Crippen molar-refractivity contribution in [1.29, 1.82) is 0 Å². The topological polar surface area (TPSA) is 202 Å². The Hall–Kier alpha value is -4.30. The van der Waals surface area contributed by atoms with Gasteiger partial charge in [-0.2, -0.15) is 0 Å². The summed E-state index contributed by atoms with van der Waals surface area (Å²) in [6, 6.07) is 2.41. The molecule has 0 aliphatic rings. The van der Waals surface area contributed by atoms with Crippen molar-refractivity contribution in [2.45, 2.75) is 138 Å². The molecule has 7 atom stereocenters. The quantitative estimate of drug-likeness (QED) is 0.0743. The molecule has 0 fully saturated rings. The van der Waals surface area contributed by atoms with Crippen molar-refractivity contribution >= 4 is 46.7 Å². The van der Waals surface area contributed by atoms with Gasteiger partial charge in [0, 0.05) is 36.1 Å². The van der Waals surface area contributed by atoms with Crippen molar-refractivity contribution < 1.29 is 28.8 Å². The zero-order chi connectivity index (χ0) is 42.3. The number of amides is 5. The number of rotatable bonds is 24. The highest BCUT2D eigenvalue weighted by Crippen LogP contribution is 2.20. The average Bonchev–Trinajstić information content (AvgIpc) is 3.54. The lowest BCUT2D eigenvalue weighted by Gasteiger charge is -2.30. The van der Waals surface area contributed by atoms with E-state index in [1.807, 2.05) is 79.8 Å². The third kappa shape index (κ3) is 14.3. The standard InChI is InChI=1S/C42H70N8O6/c1-13-30(45-21-34(43-12)24(4)5)38(52)49-36(26(8)9)41(55)47-33(19-28-20-44-31-17-15-14-16-29(28)31)39(53)46-32(18-23(2)3)40(54)50-37(27(10)11)42(56)48-35(22-51)25(6)7/h14-17,20,22-27,30,32-37,43-45H,13,18-19,21H2,1-12H3,(H,46,53)(H,47,55)(H,48,56)(H,49,52)(H,50,54)/t30-,32?,33-,34?,35?,36?,37?/m0/s1. The van der Waals surface area contributed by atoms with Crippen molar-refractivity contribution in [2.75, 3.05) is 13.6 Å². The molecule has 0 spiro atoms. The highest BCUT2D eigenvalue weighted by molar-refractivity contribution is 5.97. The fourth-order valence-electron chi connectivity index (χ4n) is 6.52. The highest BCUT2D eigenvalue weighted by atomic mass is 16.2. The number of likely N-dealkylation sites (N-methyl/N-ethyl adjacent to an activating group) is 1. The highest BCUT2D eigenvalue weighted by Gasteiger charge is 2.35. The predicted octanol–water partition coefficient (Wildman–Crippen LogP) is 2.96. The number of fused-ring (bicyclic) bond motifs is 1. The Kier molecular flexibility index (Phi) is 19.7. The maximum Gasteiger partial charge on any atom is 0.243 e. The van der Waals surface area contributed by atoms with Gasteiger partial charge in [0.05, 0.1) is 12.1 Å². The summed E-state index contributed by atoms with van der Waals surface area (Å²) in [4.78, 5) is 84.0. The molecule has 2 aromatic rings. The summed E-state index contributed by atoms with van der Waals surface area (Å²) in [6.07, 6.45) is 3.32. The van der Waals surface area contributed by atoms with Crippen molar-refractivity contribution in [3.05, 3.63) is 36.0 Å². The van der Waals surface area contributed by atoms with Gasteiger partial charge in [-0.05, 0) is 61.1 Å². The van der Waals surface area contributed by atoms with Crippen molar-refractivity contribution in [2.24, 2.45) is 29.6 Å². The number of nitrogens with one attached hydrogen (secondary N) is 8. The summed E-state index contributed by atoms with van der Waals surface area (Å²) in [5.74, 6) is -2.97. The van der Waals surface area contributed by atoms with Gasteiger partial charge in [0.2, 0.25) is 29.5 Å². The Labute approximate surface area is 334 Å². The van der Waals surface area contributed by atoms with Crippen LogP contribution in [-0.4, -0.2) is 96.7 Å². The molecule has 14 nitrogen and oxygen atoms in total. The predicted molar refractivity (Wildman–Crippen MR) is 221 cm³/mol. The Morgan fingerprint density at radius 2 is 1.20 bits per heavy atom. The first-order valence-corrected chi connectivity index (χ1v) is 20.3. The zero-order valence-corrected chi connectivity index (χ0v) is 35.7. The van der Waals surface area contributed by atoms with E-state index in [2.05, 4.69) is 56.0 Å². The van der Waals surface area contributed by atoms with Crippen molar-refractivity contribution in [3.63, 3.8) is 0 Å². The lowest BCUT2D eigenvalue weighted by Crippen LogP contribution is -2.61.